The fourth-order valence-electron chi connectivity index (χ4n) is 15.5. The van der Waals surface area contributed by atoms with Crippen LogP contribution in [0.15, 0.2) is 346 Å². The highest BCUT2D eigenvalue weighted by Gasteiger charge is 2.26. The van der Waals surface area contributed by atoms with E-state index in [9.17, 15) is 0 Å². The molecule has 0 unspecified atom stereocenters. The molecule has 20 rings (SSSR count). The molecule has 0 radical (unpaired) electrons. The molecule has 0 aliphatic rings. The van der Waals surface area contributed by atoms with Crippen LogP contribution in [0.25, 0.3) is 138 Å². The minimum absolute atomic E-state index is 0.791. The molecular weight excluding hydrogens is 1180 g/mol. The van der Waals surface area contributed by atoms with Crippen molar-refractivity contribution < 1.29 is 0 Å². The molecule has 0 fully saturated rings. The lowest BCUT2D eigenvalue weighted by Gasteiger charge is -2.25. The second-order valence-corrected chi connectivity index (χ2v) is 25.0. The van der Waals surface area contributed by atoms with Gasteiger partial charge in [-0.05, 0) is 140 Å². The molecule has 9 nitrogen and oxygen atoms in total. The molecule has 9 heteroatoms. The molecule has 13 aromatic carbocycles. The predicted octanol–water partition coefficient (Wildman–Crippen LogP) is 22.9. The zero-order chi connectivity index (χ0) is 63.7. The van der Waals surface area contributed by atoms with Crippen molar-refractivity contribution in [2.75, 3.05) is 9.80 Å². The van der Waals surface area contributed by atoms with Crippen LogP contribution >= 0.6 is 0 Å². The Morgan fingerprint density at radius 3 is 0.876 bits per heavy atom. The number of hydrogen-bond donors (Lipinski definition) is 0. The normalized spacial score (nSPS) is 11.9. The molecule has 20 aromatic rings. The molecule has 7 aromatic heterocycles. The maximum atomic E-state index is 5.85. The summed E-state index contributed by atoms with van der Waals surface area (Å²) in [6.07, 6.45) is 0. The molecule has 454 valence electrons. The number of para-hydroxylation sites is 10. The van der Waals surface area contributed by atoms with Crippen LogP contribution in [0.4, 0.5) is 34.1 Å². The first-order chi connectivity index (χ1) is 48.1. The van der Waals surface area contributed by atoms with E-state index in [-0.39, 0.29) is 0 Å². The third-order valence-corrected chi connectivity index (χ3v) is 19.6. The van der Waals surface area contributed by atoms with Gasteiger partial charge in [-0.2, -0.15) is 0 Å². The van der Waals surface area contributed by atoms with Gasteiger partial charge in [0.15, 0.2) is 0 Å². The van der Waals surface area contributed by atoms with Gasteiger partial charge in [-0.1, -0.05) is 194 Å². The molecule has 0 bridgehead atoms. The van der Waals surface area contributed by atoms with E-state index in [1.165, 1.54) is 32.3 Å². The maximum absolute atomic E-state index is 5.85. The molecule has 0 atom stereocenters. The lowest BCUT2D eigenvalue weighted by molar-refractivity contribution is 0.997. The minimum atomic E-state index is 0.791. The van der Waals surface area contributed by atoms with Crippen LogP contribution in [0.5, 0.6) is 0 Å². The standard InChI is InChI=1S/C88H57N9/c1-5-26-58(27-6-1)91(59-28-7-2-8-29-59)62-49-51-81-72(52-62)74-56-73-71-50-48-63(92(60-30-9-3-10-31-60)61-32-11-4-12-33-61)53-82(71)97(86-47-25-46-85(89-86)94-75-40-19-13-34-65(75)66-35-14-20-41-76(66)94)84(73)57-83(74)93(81)64-54-87(95-77-42-21-15-36-67(77)68-37-16-22-43-78(68)95)90-88(55-64)96-79-44-23-17-38-69(79)70-39-18-24-45-80(70)96/h1-57H. The highest BCUT2D eigenvalue weighted by Crippen LogP contribution is 2.46. The molecular formula is C88H57N9. The van der Waals surface area contributed by atoms with Crippen molar-refractivity contribution in [1.29, 1.82) is 0 Å². The summed E-state index contributed by atoms with van der Waals surface area (Å²) in [5, 5.41) is 11.4. The fraction of sp³-hybridized carbons (Fsp3) is 0. The number of anilines is 6. The smallest absolute Gasteiger partial charge is 0.142 e. The van der Waals surface area contributed by atoms with E-state index in [2.05, 4.69) is 378 Å². The molecule has 97 heavy (non-hydrogen) atoms. The Bertz CT molecular complexity index is 6140. The number of benzene rings is 13. The van der Waals surface area contributed by atoms with Crippen molar-refractivity contribution in [2.24, 2.45) is 0 Å². The van der Waals surface area contributed by atoms with Crippen molar-refractivity contribution in [3.63, 3.8) is 0 Å². The highest BCUT2D eigenvalue weighted by atomic mass is 15.2. The number of rotatable bonds is 11. The fourth-order valence-corrected chi connectivity index (χ4v) is 15.5. The zero-order valence-electron chi connectivity index (χ0n) is 52.4. The Morgan fingerprint density at radius 1 is 0.165 bits per heavy atom. The van der Waals surface area contributed by atoms with Crippen LogP contribution in [-0.4, -0.2) is 32.8 Å². The summed E-state index contributed by atoms with van der Waals surface area (Å²) in [5.41, 5.74) is 17.9. The topological polar surface area (TPSA) is 56.9 Å². The van der Waals surface area contributed by atoms with Gasteiger partial charge in [0.05, 0.1) is 60.9 Å². The van der Waals surface area contributed by atoms with Crippen LogP contribution in [0.3, 0.4) is 0 Å². The first-order valence-electron chi connectivity index (χ1n) is 33.0. The summed E-state index contributed by atoms with van der Waals surface area (Å²) in [7, 11) is 0. The van der Waals surface area contributed by atoms with Gasteiger partial charge in [0, 0.05) is 100 Å². The van der Waals surface area contributed by atoms with Gasteiger partial charge in [-0.25, -0.2) is 9.97 Å². The van der Waals surface area contributed by atoms with Crippen LogP contribution in [0.2, 0.25) is 0 Å². The monoisotopic (exact) mass is 1240 g/mol. The van der Waals surface area contributed by atoms with Gasteiger partial charge in [0.2, 0.25) is 0 Å². The molecule has 0 aliphatic heterocycles. The predicted molar refractivity (Wildman–Crippen MR) is 403 cm³/mol. The average Bonchev–Trinajstić information content (AvgIpc) is 1.55. The molecule has 0 aliphatic carbocycles. The van der Waals surface area contributed by atoms with E-state index < -0.39 is 0 Å². The first kappa shape index (κ1) is 54.3. The van der Waals surface area contributed by atoms with Gasteiger partial charge in [-0.3, -0.25) is 18.3 Å². The summed E-state index contributed by atoms with van der Waals surface area (Å²) in [6, 6.07) is 125. The van der Waals surface area contributed by atoms with E-state index >= 15 is 0 Å². The van der Waals surface area contributed by atoms with Crippen molar-refractivity contribution in [3.05, 3.63) is 346 Å². The number of fused-ring (bicyclic) bond motifs is 15. The molecule has 0 spiro atoms. The number of nitrogens with zero attached hydrogens (tertiary/aromatic N) is 9. The van der Waals surface area contributed by atoms with Crippen LogP contribution in [0, 0.1) is 0 Å². The lowest BCUT2D eigenvalue weighted by atomic mass is 10.1. The molecule has 0 N–H and O–H groups in total. The van der Waals surface area contributed by atoms with E-state index in [0.717, 1.165) is 140 Å². The minimum Gasteiger partial charge on any atom is -0.310 e. The quantitative estimate of drug-likeness (QED) is 0.129. The third-order valence-electron chi connectivity index (χ3n) is 19.6. The Balaban J connectivity index is 0.923. The summed E-state index contributed by atoms with van der Waals surface area (Å²) >= 11 is 0. The van der Waals surface area contributed by atoms with Crippen molar-refractivity contribution in [3.8, 4) is 29.0 Å². The Hall–Kier alpha value is -13.2. The molecule has 0 saturated carbocycles. The average molecular weight is 1240 g/mol. The SMILES string of the molecule is c1ccc(N(c2ccccc2)c2ccc3c(c2)c2cc4c5ccc(N(c6ccccc6)c6ccccc6)cc5n(-c5cccc(-n6c7ccccc7c7ccccc76)n5)c4cc2n3-c2cc(-n3c4ccccc4c4ccccc43)nc(-n3c4ccccc4c4ccccc43)c2)cc1. The van der Waals surface area contributed by atoms with Crippen LogP contribution in [0.1, 0.15) is 0 Å². The van der Waals surface area contributed by atoms with Gasteiger partial charge < -0.3 is 14.4 Å². The van der Waals surface area contributed by atoms with Gasteiger partial charge >= 0.3 is 0 Å². The Kier molecular flexibility index (Phi) is 12.1. The molecule has 7 heterocycles. The third kappa shape index (κ3) is 8.45. The van der Waals surface area contributed by atoms with E-state index in [1.54, 1.807) is 0 Å². The number of aromatic nitrogens is 7. The molecule has 0 saturated heterocycles. The Morgan fingerprint density at radius 2 is 0.454 bits per heavy atom. The zero-order valence-corrected chi connectivity index (χ0v) is 52.4. The molecule has 0 amide bonds. The first-order valence-corrected chi connectivity index (χ1v) is 33.0. The summed E-state index contributed by atoms with van der Waals surface area (Å²) in [4.78, 5) is 16.4. The number of pyridine rings is 2. The van der Waals surface area contributed by atoms with Crippen molar-refractivity contribution in [2.45, 2.75) is 0 Å². The summed E-state index contributed by atoms with van der Waals surface area (Å²) < 4.78 is 11.9. The van der Waals surface area contributed by atoms with E-state index in [0.29, 0.717) is 0 Å². The number of hydrogen-bond acceptors (Lipinski definition) is 4. The Labute approximate surface area is 557 Å². The lowest BCUT2D eigenvalue weighted by Crippen LogP contribution is -2.10. The maximum Gasteiger partial charge on any atom is 0.142 e. The van der Waals surface area contributed by atoms with Crippen molar-refractivity contribution >= 4 is 143 Å². The van der Waals surface area contributed by atoms with Gasteiger partial charge in [0.25, 0.3) is 0 Å². The second kappa shape index (κ2) is 21.7. The summed E-state index contributed by atoms with van der Waals surface area (Å²) in [6.45, 7) is 0. The van der Waals surface area contributed by atoms with Crippen molar-refractivity contribution in [1.82, 2.24) is 32.8 Å². The van der Waals surface area contributed by atoms with Gasteiger partial charge in [-0.15, -0.1) is 0 Å². The summed E-state index contributed by atoms with van der Waals surface area (Å²) in [5.74, 6) is 3.22. The van der Waals surface area contributed by atoms with E-state index in [1.807, 2.05) is 0 Å². The largest absolute Gasteiger partial charge is 0.310 e. The second-order valence-electron chi connectivity index (χ2n) is 25.0. The van der Waals surface area contributed by atoms with Gasteiger partial charge in [0.1, 0.15) is 23.3 Å². The van der Waals surface area contributed by atoms with Crippen LogP contribution < -0.4 is 9.80 Å². The highest BCUT2D eigenvalue weighted by molar-refractivity contribution is 6.21. The van der Waals surface area contributed by atoms with E-state index in [4.69, 9.17) is 9.97 Å². The van der Waals surface area contributed by atoms with Crippen LogP contribution in [-0.2, 0) is 0 Å².